The fourth-order valence-corrected chi connectivity index (χ4v) is 3.60. The number of thiazole rings is 1. The van der Waals surface area contributed by atoms with Crippen molar-refractivity contribution in [2.24, 2.45) is 0 Å². The minimum Gasteiger partial charge on any atom is -0.493 e. The molecule has 2 aromatic carbocycles. The average Bonchev–Trinajstić information content (AvgIpc) is 3.09. The summed E-state index contributed by atoms with van der Waals surface area (Å²) in [6.07, 6.45) is 0.197. The Kier molecular flexibility index (Phi) is 6.21. The number of rotatable bonds is 7. The van der Waals surface area contributed by atoms with Crippen LogP contribution in [0.15, 0.2) is 48.5 Å². The number of ketones is 1. The number of hydrogen-bond donors (Lipinski definition) is 1. The SMILES string of the molecule is CC(=O)c1sc(NC(=O)CCOc2cc(C)ccc2C)nc1-c1ccccc1. The van der Waals surface area contributed by atoms with E-state index >= 15 is 0 Å². The first-order valence-electron chi connectivity index (χ1n) is 9.01. The van der Waals surface area contributed by atoms with Crippen LogP contribution in [0.25, 0.3) is 11.3 Å². The molecule has 3 aromatic rings. The molecule has 0 bridgehead atoms. The molecule has 0 aliphatic rings. The zero-order valence-corrected chi connectivity index (χ0v) is 16.9. The van der Waals surface area contributed by atoms with Gasteiger partial charge in [-0.2, -0.15) is 0 Å². The number of aryl methyl sites for hydroxylation is 2. The molecule has 5 nitrogen and oxygen atoms in total. The van der Waals surface area contributed by atoms with Crippen LogP contribution in [0.3, 0.4) is 0 Å². The van der Waals surface area contributed by atoms with Gasteiger partial charge >= 0.3 is 0 Å². The molecule has 3 rings (SSSR count). The molecule has 0 spiro atoms. The standard InChI is InChI=1S/C22H22N2O3S/c1-14-9-10-15(2)18(13-14)27-12-11-19(26)23-22-24-20(21(28-22)16(3)25)17-7-5-4-6-8-17/h4-10,13H,11-12H2,1-3H3,(H,23,24,26). The van der Waals surface area contributed by atoms with Crippen molar-refractivity contribution in [3.05, 3.63) is 64.5 Å². The number of nitrogens with one attached hydrogen (secondary N) is 1. The van der Waals surface area contributed by atoms with Gasteiger partial charge in [0.1, 0.15) is 5.75 Å². The number of amides is 1. The van der Waals surface area contributed by atoms with Crippen molar-refractivity contribution in [3.8, 4) is 17.0 Å². The quantitative estimate of drug-likeness (QED) is 0.570. The van der Waals surface area contributed by atoms with Gasteiger partial charge in [-0.25, -0.2) is 4.98 Å². The lowest BCUT2D eigenvalue weighted by atomic mass is 10.1. The Labute approximate surface area is 168 Å². The van der Waals surface area contributed by atoms with Gasteiger partial charge in [-0.15, -0.1) is 0 Å². The monoisotopic (exact) mass is 394 g/mol. The average molecular weight is 394 g/mol. The van der Waals surface area contributed by atoms with Crippen LogP contribution in [-0.4, -0.2) is 23.3 Å². The van der Waals surface area contributed by atoms with Crippen LogP contribution < -0.4 is 10.1 Å². The molecule has 1 aromatic heterocycles. The highest BCUT2D eigenvalue weighted by Gasteiger charge is 2.17. The van der Waals surface area contributed by atoms with Crippen LogP contribution in [-0.2, 0) is 4.79 Å². The number of Topliss-reactive ketones (excluding diaryl/α,β-unsaturated/α-hetero) is 1. The number of hydrogen-bond acceptors (Lipinski definition) is 5. The summed E-state index contributed by atoms with van der Waals surface area (Å²) in [5.74, 6) is 0.510. The van der Waals surface area contributed by atoms with Gasteiger partial charge in [-0.3, -0.25) is 9.59 Å². The highest BCUT2D eigenvalue weighted by molar-refractivity contribution is 7.18. The summed E-state index contributed by atoms with van der Waals surface area (Å²) in [6.45, 7) is 5.74. The van der Waals surface area contributed by atoms with Crippen LogP contribution >= 0.6 is 11.3 Å². The van der Waals surface area contributed by atoms with Crippen molar-refractivity contribution >= 4 is 28.2 Å². The van der Waals surface area contributed by atoms with E-state index in [1.54, 1.807) is 0 Å². The second-order valence-corrected chi connectivity index (χ2v) is 7.53. The Bertz CT molecular complexity index is 996. The first-order chi connectivity index (χ1) is 13.4. The number of nitrogens with zero attached hydrogens (tertiary/aromatic N) is 1. The van der Waals surface area contributed by atoms with Gasteiger partial charge in [0.25, 0.3) is 0 Å². The van der Waals surface area contributed by atoms with Crippen LogP contribution in [0.1, 0.15) is 34.1 Å². The summed E-state index contributed by atoms with van der Waals surface area (Å²) >= 11 is 1.19. The van der Waals surface area contributed by atoms with Crippen LogP contribution in [0, 0.1) is 13.8 Å². The van der Waals surface area contributed by atoms with Gasteiger partial charge in [0.15, 0.2) is 10.9 Å². The summed E-state index contributed by atoms with van der Waals surface area (Å²) in [5, 5.41) is 3.19. The van der Waals surface area contributed by atoms with Gasteiger partial charge in [-0.05, 0) is 31.0 Å². The number of ether oxygens (including phenoxy) is 1. The van der Waals surface area contributed by atoms with Crippen LogP contribution in [0.4, 0.5) is 5.13 Å². The van der Waals surface area contributed by atoms with Gasteiger partial charge in [0.2, 0.25) is 5.91 Å². The molecule has 0 radical (unpaired) electrons. The van der Waals surface area contributed by atoms with Gasteiger partial charge < -0.3 is 10.1 Å². The fourth-order valence-electron chi connectivity index (χ4n) is 2.70. The third-order valence-electron chi connectivity index (χ3n) is 4.17. The van der Waals surface area contributed by atoms with Crippen molar-refractivity contribution in [1.29, 1.82) is 0 Å². The molecule has 0 aliphatic heterocycles. The van der Waals surface area contributed by atoms with Crippen LogP contribution in [0.5, 0.6) is 5.75 Å². The van der Waals surface area contributed by atoms with E-state index < -0.39 is 0 Å². The molecular weight excluding hydrogens is 372 g/mol. The topological polar surface area (TPSA) is 68.3 Å². The largest absolute Gasteiger partial charge is 0.493 e. The first-order valence-corrected chi connectivity index (χ1v) is 9.83. The molecular formula is C22H22N2O3S. The zero-order chi connectivity index (χ0) is 20.1. The molecule has 0 atom stereocenters. The van der Waals surface area contributed by atoms with Crippen molar-refractivity contribution in [3.63, 3.8) is 0 Å². The summed E-state index contributed by atoms with van der Waals surface area (Å²) < 4.78 is 5.73. The summed E-state index contributed by atoms with van der Waals surface area (Å²) in [5.41, 5.74) is 3.59. The number of carbonyl (C=O) groups is 2. The molecule has 144 valence electrons. The van der Waals surface area contributed by atoms with Crippen molar-refractivity contribution < 1.29 is 14.3 Å². The second kappa shape index (κ2) is 8.80. The van der Waals surface area contributed by atoms with E-state index in [0.717, 1.165) is 22.4 Å². The van der Waals surface area contributed by atoms with E-state index in [4.69, 9.17) is 4.74 Å². The summed E-state index contributed by atoms with van der Waals surface area (Å²) in [4.78, 5) is 29.2. The number of carbonyl (C=O) groups excluding carboxylic acids is 2. The van der Waals surface area contributed by atoms with Gasteiger partial charge in [0, 0.05) is 12.5 Å². The zero-order valence-electron chi connectivity index (χ0n) is 16.1. The lowest BCUT2D eigenvalue weighted by Gasteiger charge is -2.09. The highest BCUT2D eigenvalue weighted by Crippen LogP contribution is 2.31. The Balaban J connectivity index is 1.64. The highest BCUT2D eigenvalue weighted by atomic mass is 32.1. The van der Waals surface area contributed by atoms with Crippen LogP contribution in [0.2, 0.25) is 0 Å². The lowest BCUT2D eigenvalue weighted by Crippen LogP contribution is -2.15. The molecule has 28 heavy (non-hydrogen) atoms. The molecule has 0 saturated heterocycles. The molecule has 0 fully saturated rings. The van der Waals surface area contributed by atoms with E-state index in [-0.39, 0.29) is 24.7 Å². The minimum atomic E-state index is -0.200. The molecule has 1 heterocycles. The first kappa shape index (κ1) is 19.8. The normalized spacial score (nSPS) is 10.5. The summed E-state index contributed by atoms with van der Waals surface area (Å²) in [6, 6.07) is 15.4. The fraction of sp³-hybridized carbons (Fsp3) is 0.227. The predicted molar refractivity (Wildman–Crippen MR) is 112 cm³/mol. The Hall–Kier alpha value is -2.99. The Morgan fingerprint density at radius 1 is 1.11 bits per heavy atom. The van der Waals surface area contributed by atoms with E-state index in [1.165, 1.54) is 18.3 Å². The number of benzene rings is 2. The maximum absolute atomic E-state index is 12.3. The van der Waals surface area contributed by atoms with Crippen molar-refractivity contribution in [2.75, 3.05) is 11.9 Å². The van der Waals surface area contributed by atoms with E-state index in [1.807, 2.05) is 62.4 Å². The molecule has 1 N–H and O–H groups in total. The molecule has 0 unspecified atom stereocenters. The van der Waals surface area contributed by atoms with E-state index in [0.29, 0.717) is 15.7 Å². The molecule has 0 aliphatic carbocycles. The molecule has 1 amide bonds. The Morgan fingerprint density at radius 3 is 2.57 bits per heavy atom. The van der Waals surface area contributed by atoms with Gasteiger partial charge in [-0.1, -0.05) is 53.8 Å². The Morgan fingerprint density at radius 2 is 1.86 bits per heavy atom. The molecule has 0 saturated carbocycles. The van der Waals surface area contributed by atoms with Crippen molar-refractivity contribution in [1.82, 2.24) is 4.98 Å². The molecule has 6 heteroatoms. The maximum Gasteiger partial charge on any atom is 0.229 e. The predicted octanol–water partition coefficient (Wildman–Crippen LogP) is 5.04. The lowest BCUT2D eigenvalue weighted by molar-refractivity contribution is -0.116. The smallest absolute Gasteiger partial charge is 0.229 e. The summed E-state index contributed by atoms with van der Waals surface area (Å²) in [7, 11) is 0. The third kappa shape index (κ3) is 4.84. The second-order valence-electron chi connectivity index (χ2n) is 6.53. The number of anilines is 1. The number of aromatic nitrogens is 1. The van der Waals surface area contributed by atoms with E-state index in [2.05, 4.69) is 10.3 Å². The third-order valence-corrected chi connectivity index (χ3v) is 5.24. The van der Waals surface area contributed by atoms with E-state index in [9.17, 15) is 9.59 Å². The van der Waals surface area contributed by atoms with Gasteiger partial charge in [0.05, 0.1) is 23.6 Å². The van der Waals surface area contributed by atoms with Crippen molar-refractivity contribution in [2.45, 2.75) is 27.2 Å². The minimum absolute atomic E-state index is 0.0740. The maximum atomic E-state index is 12.3.